The predicted octanol–water partition coefficient (Wildman–Crippen LogP) is 16.8. The Morgan fingerprint density at radius 2 is 1.07 bits per heavy atom. The average Bonchev–Trinajstić information content (AvgIpc) is 3.43. The van der Waals surface area contributed by atoms with Crippen LogP contribution in [0.5, 0.6) is 0 Å². The van der Waals surface area contributed by atoms with Crippen LogP contribution in [0.2, 0.25) is 0 Å². The van der Waals surface area contributed by atoms with Crippen molar-refractivity contribution in [2.75, 3.05) is 70.4 Å². The minimum atomic E-state index is -0.242. The molecule has 428 valence electrons. The number of carbonyl (C=O) groups is 3. The summed E-state index contributed by atoms with van der Waals surface area (Å²) in [5, 5.41) is 4.59. The Balaban J connectivity index is -0.000000260. The third-order valence-electron chi connectivity index (χ3n) is 9.52. The van der Waals surface area contributed by atoms with Crippen molar-refractivity contribution < 1.29 is 28.9 Å². The zero-order valence-corrected chi connectivity index (χ0v) is 54.8. The molecule has 0 heterocycles. The van der Waals surface area contributed by atoms with Crippen LogP contribution in [0, 0.1) is 0 Å². The average molecular weight is 1300 g/mol. The Morgan fingerprint density at radius 3 is 1.36 bits per heavy atom. The van der Waals surface area contributed by atoms with Gasteiger partial charge in [-0.25, -0.2) is 15.2 Å². The van der Waals surface area contributed by atoms with Crippen LogP contribution in [-0.4, -0.2) is 126 Å². The maximum Gasteiger partial charge on any atom is 0.260 e. The number of unbranched alkanes of at least 4 members (excludes halogenated alkanes) is 5. The molecule has 16 heteroatoms. The summed E-state index contributed by atoms with van der Waals surface area (Å²) in [6.45, 7) is 29.0. The largest absolute Gasteiger partial charge is 0.299 e. The van der Waals surface area contributed by atoms with E-state index in [-0.39, 0.29) is 28.9 Å². The number of hydroxylamine groups is 6. The summed E-state index contributed by atoms with van der Waals surface area (Å²) >= 11 is 18.0. The molecule has 0 spiro atoms. The second kappa shape index (κ2) is 62.3. The third kappa shape index (κ3) is 56.0. The number of alkyl halides is 3. The molecule has 0 saturated carbocycles. The van der Waals surface area contributed by atoms with E-state index in [9.17, 15) is 14.4 Å². The van der Waals surface area contributed by atoms with Crippen molar-refractivity contribution >= 4 is 104 Å². The van der Waals surface area contributed by atoms with Crippen molar-refractivity contribution in [2.24, 2.45) is 0 Å². The predicted molar refractivity (Wildman–Crippen MR) is 345 cm³/mol. The van der Waals surface area contributed by atoms with Gasteiger partial charge in [-0.05, 0) is 126 Å². The van der Waals surface area contributed by atoms with Gasteiger partial charge in [-0.15, -0.1) is 74.1 Å². The zero-order valence-electron chi connectivity index (χ0n) is 47.8. The molecule has 0 aliphatic heterocycles. The van der Waals surface area contributed by atoms with Crippen molar-refractivity contribution in [3.63, 3.8) is 0 Å². The standard InChI is InChI=1S/C15H21NO2S.C10H13NO2S.C8H19N.C6H6S.C6H12.C5H9Br.C5H9I.C4H8ClNO2/c1-4-5-7-12-14(15(17)16(2)18-3)19-13-10-8-6-9-11-13;1-11(13-2)10(12)8-14-9-6-4-3-5-7-9;1-6-9(7(2)3)8(4)5;7-6-4-2-1-3-5-6;1-3-5-6-4-2;2*1-2-3-4-5-6;1-6(8-2)4(7)3-5/h4,6,8-11,14H,1,5,7,12H2,2-3H3;3-7H,8H2,1-2H3;7-8H,6H2,1-5H3;1-5,7H;3H,1,4-6H2,2H3;2*2H,1,3-5H2;3H2,1-2H3. The highest BCUT2D eigenvalue weighted by molar-refractivity contribution is 14.1. The number of halogens is 3. The van der Waals surface area contributed by atoms with Crippen molar-refractivity contribution in [2.45, 2.75) is 138 Å². The fraction of sp³-hybridized carbons (Fsp3) is 0.508. The van der Waals surface area contributed by atoms with Crippen LogP contribution in [0.25, 0.3) is 0 Å². The van der Waals surface area contributed by atoms with E-state index < -0.39 is 0 Å². The van der Waals surface area contributed by atoms with Crippen LogP contribution in [0.4, 0.5) is 0 Å². The van der Waals surface area contributed by atoms with Crippen LogP contribution >= 0.6 is 86.3 Å². The second-order valence-corrected chi connectivity index (χ2v) is 21.0. The fourth-order valence-corrected chi connectivity index (χ4v) is 8.33. The molecule has 0 saturated heterocycles. The number of allylic oxidation sites excluding steroid dienone is 4. The lowest BCUT2D eigenvalue weighted by Crippen LogP contribution is -2.36. The number of thioether (sulfide) groups is 2. The number of amides is 3. The first kappa shape index (κ1) is 81.3. The van der Waals surface area contributed by atoms with Crippen LogP contribution < -0.4 is 0 Å². The van der Waals surface area contributed by atoms with Gasteiger partial charge in [0, 0.05) is 53.2 Å². The van der Waals surface area contributed by atoms with Gasteiger partial charge >= 0.3 is 0 Å². The molecule has 75 heavy (non-hydrogen) atoms. The molecule has 0 N–H and O–H groups in total. The van der Waals surface area contributed by atoms with Crippen molar-refractivity contribution in [1.82, 2.24) is 20.1 Å². The molecule has 3 amide bonds. The van der Waals surface area contributed by atoms with Gasteiger partial charge in [-0.1, -0.05) is 144 Å². The van der Waals surface area contributed by atoms with Crippen molar-refractivity contribution in [3.8, 4) is 0 Å². The van der Waals surface area contributed by atoms with Crippen LogP contribution in [-0.2, 0) is 28.9 Å². The van der Waals surface area contributed by atoms with Gasteiger partial charge in [-0.3, -0.25) is 33.8 Å². The maximum absolute atomic E-state index is 12.2. The molecule has 0 bridgehead atoms. The van der Waals surface area contributed by atoms with Crippen molar-refractivity contribution in [1.29, 1.82) is 0 Å². The van der Waals surface area contributed by atoms with Crippen LogP contribution in [0.3, 0.4) is 0 Å². The topological polar surface area (TPSA) is 91.9 Å². The number of rotatable bonds is 26. The molecule has 3 aromatic rings. The summed E-state index contributed by atoms with van der Waals surface area (Å²) < 4.78 is 1.25. The van der Waals surface area contributed by atoms with Crippen LogP contribution in [0.1, 0.15) is 106 Å². The minimum absolute atomic E-state index is 0.000385. The first-order valence-electron chi connectivity index (χ1n) is 25.3. The van der Waals surface area contributed by atoms with E-state index in [1.54, 1.807) is 25.9 Å². The second-order valence-electron chi connectivity index (χ2n) is 16.1. The zero-order chi connectivity index (χ0) is 58.1. The number of benzene rings is 3. The van der Waals surface area contributed by atoms with Gasteiger partial charge in [0.1, 0.15) is 5.88 Å². The number of nitrogens with zero attached hydrogens (tertiary/aromatic N) is 4. The lowest BCUT2D eigenvalue weighted by atomic mass is 10.2. The van der Waals surface area contributed by atoms with E-state index in [0.717, 1.165) is 57.3 Å². The Bertz CT molecular complexity index is 1720. The van der Waals surface area contributed by atoms with E-state index >= 15 is 0 Å². The third-order valence-corrected chi connectivity index (χ3v) is 13.6. The molecule has 0 aromatic heterocycles. The Hall–Kier alpha value is -2.58. The van der Waals surface area contributed by atoms with Gasteiger partial charge < -0.3 is 0 Å². The Labute approximate surface area is 498 Å². The summed E-state index contributed by atoms with van der Waals surface area (Å²) in [5.74, 6) is 0.0783. The molecule has 10 nitrogen and oxygen atoms in total. The molecule has 0 fully saturated rings. The van der Waals surface area contributed by atoms with Gasteiger partial charge in [0.2, 0.25) is 0 Å². The van der Waals surface area contributed by atoms with Gasteiger partial charge in [0.05, 0.1) is 32.3 Å². The first-order chi connectivity index (χ1) is 35.9. The molecular weight excluding hydrogens is 1200 g/mol. The number of thiol groups is 1. The van der Waals surface area contributed by atoms with E-state index in [2.05, 4.69) is 129 Å². The summed E-state index contributed by atoms with van der Waals surface area (Å²) in [6.07, 6.45) is 19.0. The monoisotopic (exact) mass is 1290 g/mol. The molecular formula is C59H97BrClIN4O6S3. The van der Waals surface area contributed by atoms with Crippen molar-refractivity contribution in [3.05, 3.63) is 142 Å². The summed E-state index contributed by atoms with van der Waals surface area (Å²) in [4.78, 5) is 53.9. The maximum atomic E-state index is 12.2. The fourth-order valence-electron chi connectivity index (χ4n) is 5.22. The highest BCUT2D eigenvalue weighted by Gasteiger charge is 2.23. The smallest absolute Gasteiger partial charge is 0.260 e. The van der Waals surface area contributed by atoms with Gasteiger partial charge in [0.15, 0.2) is 0 Å². The number of hydrogen-bond donors (Lipinski definition) is 1. The molecule has 0 aliphatic carbocycles. The van der Waals surface area contributed by atoms with E-state index in [1.807, 2.05) is 115 Å². The molecule has 1 atom stereocenters. The number of hydrogen-bond acceptors (Lipinski definition) is 10. The lowest BCUT2D eigenvalue weighted by Gasteiger charge is -2.28. The molecule has 0 radical (unpaired) electrons. The SMILES string of the molecule is C=CCCCBr.C=CCCCC.C=CCCCC(Sc1ccccc1)C(=O)N(C)OC.C=CCCCI.CCN(C(C)C)C(C)C.CON(C)C(=O)CCl.CON(C)C(=O)CSc1ccccc1.Sc1ccccc1. The van der Waals surface area contributed by atoms with Crippen LogP contribution in [0.15, 0.2) is 156 Å². The minimum Gasteiger partial charge on any atom is -0.299 e. The highest BCUT2D eigenvalue weighted by Crippen LogP contribution is 2.28. The van der Waals surface area contributed by atoms with E-state index in [0.29, 0.717) is 17.8 Å². The Morgan fingerprint density at radius 1 is 0.653 bits per heavy atom. The summed E-state index contributed by atoms with van der Waals surface area (Å²) in [7, 11) is 9.15. The first-order valence-corrected chi connectivity index (χ1v) is 30.8. The molecule has 1 unspecified atom stereocenters. The summed E-state index contributed by atoms with van der Waals surface area (Å²) in [6, 6.07) is 30.9. The van der Waals surface area contributed by atoms with Gasteiger partial charge in [0.25, 0.3) is 17.7 Å². The number of carbonyl (C=O) groups excluding carboxylic acids is 3. The lowest BCUT2D eigenvalue weighted by molar-refractivity contribution is -0.168. The van der Waals surface area contributed by atoms with E-state index in [1.165, 1.54) is 93.2 Å². The molecule has 3 rings (SSSR count). The molecule has 0 aliphatic rings. The quantitative estimate of drug-likeness (QED) is 0.0160. The van der Waals surface area contributed by atoms with Gasteiger partial charge in [-0.2, -0.15) is 0 Å². The summed E-state index contributed by atoms with van der Waals surface area (Å²) in [5.41, 5.74) is 0. The Kier molecular flexibility index (Phi) is 67.5. The normalized spacial score (nSPS) is 10.0. The molecule has 3 aromatic carbocycles. The highest BCUT2D eigenvalue weighted by atomic mass is 127. The van der Waals surface area contributed by atoms with E-state index in [4.69, 9.17) is 21.3 Å².